The van der Waals surface area contributed by atoms with Gasteiger partial charge in [-0.15, -0.1) is 11.3 Å². The van der Waals surface area contributed by atoms with Crippen LogP contribution < -0.4 is 9.64 Å². The molecule has 3 aliphatic rings. The van der Waals surface area contributed by atoms with Crippen molar-refractivity contribution in [1.82, 2.24) is 59.0 Å². The van der Waals surface area contributed by atoms with Gasteiger partial charge < -0.3 is 4.74 Å². The number of hydrogen-bond acceptors (Lipinski definition) is 13. The summed E-state index contributed by atoms with van der Waals surface area (Å²) in [7, 11) is 0. The highest BCUT2D eigenvalue weighted by atomic mass is 32.1. The molecule has 0 N–H and O–H groups in total. The first-order valence-electron chi connectivity index (χ1n) is 38.9. The fraction of sp³-hybridized carbons (Fsp3) is 0.0392. The van der Waals surface area contributed by atoms with Crippen LogP contribution in [0.3, 0.4) is 0 Å². The maximum Gasteiger partial charge on any atom is 0.216 e. The number of para-hydroxylation sites is 3. The molecular weight excluding hydrogens is 1460 g/mol. The SMILES string of the molecule is CC1(C)c2nccnc2-c2ccccc2-c2c1sc1c(-c3ccccc3-c3ccccc3)cccc21.Cc1cccc(-n2c3c(c4cccnc42)-c2ccccc2-c2ncccc2O3)n1.c1ccc(-c2nc(-c3ccccc3)nc(-c3cccc(-n4c5c(c6ccccc64)-c4nccnc4-c4ccccc4N5c4ccccc4)c3)n2)cc1. The van der Waals surface area contributed by atoms with E-state index in [4.69, 9.17) is 44.6 Å². The second-order valence-corrected chi connectivity index (χ2v) is 30.5. The molecule has 0 saturated carbocycles. The van der Waals surface area contributed by atoms with Gasteiger partial charge in [0.25, 0.3) is 0 Å². The van der Waals surface area contributed by atoms with Gasteiger partial charge in [-0.05, 0) is 121 Å². The zero-order valence-corrected chi connectivity index (χ0v) is 64.6. The van der Waals surface area contributed by atoms with Gasteiger partial charge >= 0.3 is 0 Å². The molecule has 0 amide bonds. The van der Waals surface area contributed by atoms with Crippen LogP contribution in [0.5, 0.6) is 11.6 Å². The fourth-order valence-corrected chi connectivity index (χ4v) is 18.3. The Kier molecular flexibility index (Phi) is 17.3. The van der Waals surface area contributed by atoms with Crippen molar-refractivity contribution in [3.8, 4) is 147 Å². The number of aryl methyl sites for hydroxylation is 1. The molecule has 15 heteroatoms. The second-order valence-electron chi connectivity index (χ2n) is 29.4. The van der Waals surface area contributed by atoms with E-state index in [0.29, 0.717) is 23.4 Å². The smallest absolute Gasteiger partial charge is 0.216 e. The van der Waals surface area contributed by atoms with Gasteiger partial charge in [0.2, 0.25) is 5.88 Å². The van der Waals surface area contributed by atoms with E-state index in [9.17, 15) is 0 Å². The number of pyridine rings is 3. The number of nitrogens with zero attached hydrogens (tertiary/aromatic N) is 13. The van der Waals surface area contributed by atoms with Crippen molar-refractivity contribution in [2.75, 3.05) is 4.90 Å². The summed E-state index contributed by atoms with van der Waals surface area (Å²) in [6, 6.07) is 113. The van der Waals surface area contributed by atoms with Gasteiger partial charge in [-0.2, -0.15) is 0 Å². The molecule has 0 spiro atoms. The summed E-state index contributed by atoms with van der Waals surface area (Å²) in [6.07, 6.45) is 10.8. The van der Waals surface area contributed by atoms with Crippen LogP contribution in [0.1, 0.15) is 30.1 Å². The highest BCUT2D eigenvalue weighted by molar-refractivity contribution is 7.20. The van der Waals surface area contributed by atoms with Gasteiger partial charge in [-0.1, -0.05) is 255 Å². The lowest BCUT2D eigenvalue weighted by molar-refractivity contribution is 0.456. The third-order valence-electron chi connectivity index (χ3n) is 22.0. The Bertz CT molecular complexity index is 7190. The van der Waals surface area contributed by atoms with Crippen LogP contribution in [0.4, 0.5) is 17.2 Å². The zero-order chi connectivity index (χ0) is 78.1. The van der Waals surface area contributed by atoms with Crippen molar-refractivity contribution >= 4 is 60.6 Å². The molecule has 2 aliphatic heterocycles. The molecule has 0 saturated heterocycles. The Morgan fingerprint density at radius 1 is 0.333 bits per heavy atom. The molecular formula is C102H69N13OS. The Morgan fingerprint density at radius 3 is 1.57 bits per heavy atom. The van der Waals surface area contributed by atoms with E-state index in [1.165, 1.54) is 48.3 Å². The summed E-state index contributed by atoms with van der Waals surface area (Å²) < 4.78 is 12.2. The second kappa shape index (κ2) is 29.0. The summed E-state index contributed by atoms with van der Waals surface area (Å²) in [4.78, 5) is 52.4. The summed E-state index contributed by atoms with van der Waals surface area (Å²) in [5.41, 5.74) is 26.7. The summed E-state index contributed by atoms with van der Waals surface area (Å²) >= 11 is 1.90. The van der Waals surface area contributed by atoms with Crippen LogP contribution in [0.25, 0.3) is 167 Å². The summed E-state index contributed by atoms with van der Waals surface area (Å²) in [6.45, 7) is 6.56. The third-order valence-corrected chi connectivity index (χ3v) is 23.6. The maximum absolute atomic E-state index is 6.52. The molecule has 20 aromatic rings. The Morgan fingerprint density at radius 2 is 0.846 bits per heavy atom. The van der Waals surface area contributed by atoms with Crippen molar-refractivity contribution in [2.24, 2.45) is 0 Å². The van der Waals surface area contributed by atoms with E-state index in [1.54, 1.807) is 24.8 Å². The molecule has 14 nitrogen and oxygen atoms in total. The molecule has 23 rings (SSSR count). The van der Waals surface area contributed by atoms with E-state index >= 15 is 0 Å². The van der Waals surface area contributed by atoms with E-state index in [2.05, 4.69) is 246 Å². The summed E-state index contributed by atoms with van der Waals surface area (Å²) in [5.74, 6) is 5.01. The van der Waals surface area contributed by atoms with Crippen LogP contribution >= 0.6 is 11.3 Å². The predicted molar refractivity (Wildman–Crippen MR) is 471 cm³/mol. The maximum atomic E-state index is 6.52. The first-order chi connectivity index (χ1) is 57.8. The molecule has 0 unspecified atom stereocenters. The largest absolute Gasteiger partial charge is 0.437 e. The predicted octanol–water partition coefficient (Wildman–Crippen LogP) is 25.3. The quantitative estimate of drug-likeness (QED) is 0.142. The number of fused-ring (bicyclic) bond motifs is 21. The van der Waals surface area contributed by atoms with Gasteiger partial charge in [0.05, 0.1) is 39.4 Å². The van der Waals surface area contributed by atoms with Crippen molar-refractivity contribution in [3.05, 3.63) is 381 Å². The highest BCUT2D eigenvalue weighted by Gasteiger charge is 2.39. The normalized spacial score (nSPS) is 12.4. The molecule has 1 aliphatic carbocycles. The number of rotatable bonds is 8. The summed E-state index contributed by atoms with van der Waals surface area (Å²) in [5, 5.41) is 3.39. The van der Waals surface area contributed by atoms with E-state index in [1.807, 2.05) is 150 Å². The molecule has 9 aromatic heterocycles. The number of thiophene rings is 1. The van der Waals surface area contributed by atoms with Crippen LogP contribution in [-0.2, 0) is 5.41 Å². The minimum absolute atomic E-state index is 0.280. The molecule has 0 bridgehead atoms. The molecule has 11 aromatic carbocycles. The number of anilines is 3. The van der Waals surface area contributed by atoms with Gasteiger partial charge in [-0.3, -0.25) is 34.4 Å². The minimum atomic E-state index is -0.280. The number of aromatic nitrogens is 12. The number of benzene rings is 11. The standard InChI is InChI=1S/C45H29N7.C33H24N2S.C24H16N4O/c1-4-15-30(16-5-1)42-48-43(31-17-6-2-7-18-31)50-44(49-42)32-19-14-22-34(29-32)52-37-25-12-10-23-35(37)39-41-40(46-27-28-47-41)36-24-11-13-26-38(36)51(45(39)52)33-20-8-3-9-21-33;1-33(2)31-29(34-19-20-35-31)25-16-9-8-15-24(25)28-27-18-10-17-26(30(27)36-32(28)33)23-14-7-6-13-22(23)21-11-4-3-5-12-21;1-15-7-4-12-20(27-15)28-23-18(10-5-14-26-23)21-16-8-2-3-9-17(16)22-19(29-24(21)28)11-6-13-25-22/h1-29H;3-20H,1-2H3;2-14H,1H3. The van der Waals surface area contributed by atoms with Gasteiger partial charge in [-0.25, -0.2) is 29.5 Å². The molecule has 554 valence electrons. The van der Waals surface area contributed by atoms with E-state index < -0.39 is 0 Å². The van der Waals surface area contributed by atoms with Crippen molar-refractivity contribution in [3.63, 3.8) is 0 Å². The first kappa shape index (κ1) is 69.6. The van der Waals surface area contributed by atoms with Crippen LogP contribution in [0.2, 0.25) is 0 Å². The molecule has 0 radical (unpaired) electrons. The third kappa shape index (κ3) is 12.0. The van der Waals surface area contributed by atoms with Gasteiger partial charge in [0.1, 0.15) is 28.7 Å². The molecule has 117 heavy (non-hydrogen) atoms. The highest BCUT2D eigenvalue weighted by Crippen LogP contribution is 2.58. The average molecular weight is 1520 g/mol. The number of hydrogen-bond donors (Lipinski definition) is 0. The van der Waals surface area contributed by atoms with Crippen molar-refractivity contribution in [1.29, 1.82) is 0 Å². The monoisotopic (exact) mass is 1520 g/mol. The Balaban J connectivity index is 0.000000115. The van der Waals surface area contributed by atoms with Gasteiger partial charge in [0.15, 0.2) is 23.2 Å². The van der Waals surface area contributed by atoms with E-state index in [-0.39, 0.29) is 5.41 Å². The van der Waals surface area contributed by atoms with Crippen LogP contribution in [-0.4, -0.2) is 59.0 Å². The molecule has 0 fully saturated rings. The lowest BCUT2D eigenvalue weighted by Crippen LogP contribution is -2.20. The minimum Gasteiger partial charge on any atom is -0.437 e. The lowest BCUT2D eigenvalue weighted by atomic mass is 9.84. The van der Waals surface area contributed by atoms with Crippen molar-refractivity contribution < 1.29 is 4.74 Å². The van der Waals surface area contributed by atoms with Crippen LogP contribution in [0, 0.1) is 6.92 Å². The van der Waals surface area contributed by atoms with Crippen molar-refractivity contribution in [2.45, 2.75) is 26.2 Å². The Labute approximate surface area is 678 Å². The molecule has 0 atom stereocenters. The fourth-order valence-electron chi connectivity index (χ4n) is 16.8. The number of ether oxygens (including phenoxy) is 1. The first-order valence-corrected chi connectivity index (χ1v) is 39.7. The Hall–Kier alpha value is -15.3. The van der Waals surface area contributed by atoms with E-state index in [0.717, 1.165) is 141 Å². The average Bonchev–Trinajstić information content (AvgIpc) is 1.57. The molecule has 11 heterocycles. The van der Waals surface area contributed by atoms with Gasteiger partial charge in [0, 0.05) is 130 Å². The zero-order valence-electron chi connectivity index (χ0n) is 63.8. The lowest BCUT2D eigenvalue weighted by Gasteiger charge is -2.28. The van der Waals surface area contributed by atoms with Crippen LogP contribution in [0.15, 0.2) is 365 Å². The topological polar surface area (TPSA) is 151 Å².